The van der Waals surface area contributed by atoms with E-state index in [4.69, 9.17) is 0 Å². The molecule has 0 radical (unpaired) electrons. The van der Waals surface area contributed by atoms with Gasteiger partial charge in [0, 0.05) is 12.2 Å². The van der Waals surface area contributed by atoms with E-state index >= 15 is 0 Å². The van der Waals surface area contributed by atoms with Crippen molar-refractivity contribution in [1.29, 1.82) is 0 Å². The van der Waals surface area contributed by atoms with E-state index in [-0.39, 0.29) is 6.03 Å². The molecule has 21 heavy (non-hydrogen) atoms. The summed E-state index contributed by atoms with van der Waals surface area (Å²) in [4.78, 5) is 11.9. The Morgan fingerprint density at radius 1 is 1.33 bits per heavy atom. The summed E-state index contributed by atoms with van der Waals surface area (Å²) in [5, 5.41) is 9.72. The molecule has 3 rings (SSSR count). The summed E-state index contributed by atoms with van der Waals surface area (Å²) < 4.78 is 4.90. The van der Waals surface area contributed by atoms with Crippen molar-refractivity contribution in [1.82, 2.24) is 14.9 Å². The zero-order chi connectivity index (χ0) is 14.5. The van der Waals surface area contributed by atoms with E-state index < -0.39 is 0 Å². The van der Waals surface area contributed by atoms with Crippen LogP contribution in [-0.2, 0) is 0 Å². The van der Waals surface area contributed by atoms with Gasteiger partial charge in [-0.1, -0.05) is 16.1 Å². The third-order valence-electron chi connectivity index (χ3n) is 3.62. The van der Waals surface area contributed by atoms with Crippen LogP contribution in [0.4, 0.5) is 10.5 Å². The fraction of sp³-hybridized carbons (Fsp3) is 0.400. The molecule has 1 aromatic carbocycles. The van der Waals surface area contributed by atoms with E-state index in [1.54, 1.807) is 0 Å². The highest BCUT2D eigenvalue weighted by Gasteiger charge is 2.06. The maximum Gasteiger partial charge on any atom is 0.319 e. The number of nitrogens with zero attached hydrogens (tertiary/aromatic N) is 2. The third kappa shape index (κ3) is 3.78. The molecular formula is C15H18N4OS. The Balaban J connectivity index is 1.48. The molecule has 6 heteroatoms. The van der Waals surface area contributed by atoms with Gasteiger partial charge in [-0.05, 0) is 61.8 Å². The lowest BCUT2D eigenvalue weighted by Gasteiger charge is -2.13. The van der Waals surface area contributed by atoms with Crippen molar-refractivity contribution < 1.29 is 4.79 Å². The number of aromatic nitrogens is 2. The van der Waals surface area contributed by atoms with Gasteiger partial charge in [0.05, 0.1) is 4.70 Å². The molecule has 1 heterocycles. The molecular weight excluding hydrogens is 284 g/mol. The molecule has 5 nitrogen and oxygen atoms in total. The predicted octanol–water partition coefficient (Wildman–Crippen LogP) is 3.70. The van der Waals surface area contributed by atoms with E-state index in [2.05, 4.69) is 26.3 Å². The summed E-state index contributed by atoms with van der Waals surface area (Å²) in [6.07, 6.45) is 8.19. The highest BCUT2D eigenvalue weighted by Crippen LogP contribution is 2.20. The Morgan fingerprint density at radius 2 is 2.29 bits per heavy atom. The van der Waals surface area contributed by atoms with Crippen molar-refractivity contribution in [2.45, 2.75) is 32.1 Å². The number of fused-ring (bicyclic) bond motifs is 1. The number of hydrogen-bond acceptors (Lipinski definition) is 4. The standard InChI is InChI=1S/C15H18N4OS/c20-15(16-9-8-11-4-2-1-3-5-11)17-12-6-7-14-13(10-12)18-19-21-14/h4,6-7,10H,1-3,5,8-9H2,(H2,16,17,20). The number of anilines is 1. The molecule has 0 unspecified atom stereocenters. The van der Waals surface area contributed by atoms with Crippen molar-refractivity contribution in [3.63, 3.8) is 0 Å². The summed E-state index contributed by atoms with van der Waals surface area (Å²) in [5.41, 5.74) is 3.02. The number of benzene rings is 1. The van der Waals surface area contributed by atoms with Gasteiger partial charge in [-0.2, -0.15) is 0 Å². The lowest BCUT2D eigenvalue weighted by atomic mass is 9.97. The lowest BCUT2D eigenvalue weighted by molar-refractivity contribution is 0.252. The van der Waals surface area contributed by atoms with Gasteiger partial charge >= 0.3 is 6.03 Å². The van der Waals surface area contributed by atoms with Gasteiger partial charge < -0.3 is 10.6 Å². The Morgan fingerprint density at radius 3 is 3.14 bits per heavy atom. The van der Waals surface area contributed by atoms with E-state index in [9.17, 15) is 4.79 Å². The first-order valence-corrected chi connectivity index (χ1v) is 8.03. The fourth-order valence-electron chi connectivity index (χ4n) is 2.50. The normalized spacial score (nSPS) is 14.8. The SMILES string of the molecule is O=C(NCCC1=CCCCC1)Nc1ccc2snnc2c1. The minimum atomic E-state index is -0.172. The molecule has 1 aromatic heterocycles. The number of carbonyl (C=O) groups excluding carboxylic acids is 1. The van der Waals surface area contributed by atoms with Crippen molar-refractivity contribution >= 4 is 33.5 Å². The topological polar surface area (TPSA) is 66.9 Å². The number of urea groups is 1. The van der Waals surface area contributed by atoms with Gasteiger partial charge in [0.15, 0.2) is 0 Å². The van der Waals surface area contributed by atoms with Crippen LogP contribution in [0.25, 0.3) is 10.2 Å². The number of rotatable bonds is 4. The van der Waals surface area contributed by atoms with Crippen LogP contribution in [0.3, 0.4) is 0 Å². The molecule has 0 atom stereocenters. The second-order valence-corrected chi connectivity index (χ2v) is 5.98. The van der Waals surface area contributed by atoms with E-state index in [1.165, 1.54) is 42.8 Å². The highest BCUT2D eigenvalue weighted by molar-refractivity contribution is 7.12. The Labute approximate surface area is 127 Å². The lowest BCUT2D eigenvalue weighted by Crippen LogP contribution is -2.29. The van der Waals surface area contributed by atoms with Gasteiger partial charge in [0.2, 0.25) is 0 Å². The first-order chi connectivity index (χ1) is 10.3. The molecule has 2 aromatic rings. The van der Waals surface area contributed by atoms with Crippen molar-refractivity contribution in [2.75, 3.05) is 11.9 Å². The van der Waals surface area contributed by atoms with Gasteiger partial charge in [-0.25, -0.2) is 4.79 Å². The molecule has 0 spiro atoms. The Bertz CT molecular complexity index is 664. The summed E-state index contributed by atoms with van der Waals surface area (Å²) in [5.74, 6) is 0. The highest BCUT2D eigenvalue weighted by atomic mass is 32.1. The third-order valence-corrected chi connectivity index (χ3v) is 4.33. The Kier molecular flexibility index (Phi) is 4.45. The first kappa shape index (κ1) is 14.0. The van der Waals surface area contributed by atoms with Crippen LogP contribution >= 0.6 is 11.5 Å². The van der Waals surface area contributed by atoms with Gasteiger partial charge in [0.25, 0.3) is 0 Å². The van der Waals surface area contributed by atoms with Crippen LogP contribution in [0.15, 0.2) is 29.8 Å². The van der Waals surface area contributed by atoms with Crippen LogP contribution in [0, 0.1) is 0 Å². The summed E-state index contributed by atoms with van der Waals surface area (Å²) in [6, 6.07) is 5.45. The monoisotopic (exact) mass is 302 g/mol. The molecule has 110 valence electrons. The number of hydrogen-bond donors (Lipinski definition) is 2. The van der Waals surface area contributed by atoms with Crippen LogP contribution in [-0.4, -0.2) is 22.2 Å². The summed E-state index contributed by atoms with van der Waals surface area (Å²) >= 11 is 1.35. The predicted molar refractivity (Wildman–Crippen MR) is 85.6 cm³/mol. The van der Waals surface area contributed by atoms with Gasteiger partial charge in [0.1, 0.15) is 5.52 Å². The average Bonchev–Trinajstić information content (AvgIpc) is 2.96. The van der Waals surface area contributed by atoms with Crippen molar-refractivity contribution in [3.8, 4) is 0 Å². The molecule has 2 amide bonds. The summed E-state index contributed by atoms with van der Waals surface area (Å²) in [6.45, 7) is 0.679. The van der Waals surface area contributed by atoms with E-state index in [0.717, 1.165) is 22.3 Å². The number of carbonyl (C=O) groups is 1. The van der Waals surface area contributed by atoms with Crippen LogP contribution in [0.1, 0.15) is 32.1 Å². The molecule has 0 aliphatic heterocycles. The number of allylic oxidation sites excluding steroid dienone is 1. The molecule has 0 saturated heterocycles. The zero-order valence-corrected chi connectivity index (χ0v) is 12.6. The molecule has 0 bridgehead atoms. The van der Waals surface area contributed by atoms with E-state index in [0.29, 0.717) is 6.54 Å². The van der Waals surface area contributed by atoms with E-state index in [1.807, 2.05) is 18.2 Å². The Hall–Kier alpha value is -1.95. The van der Waals surface area contributed by atoms with Crippen LogP contribution in [0.5, 0.6) is 0 Å². The minimum absolute atomic E-state index is 0.172. The minimum Gasteiger partial charge on any atom is -0.338 e. The average molecular weight is 302 g/mol. The van der Waals surface area contributed by atoms with Crippen molar-refractivity contribution in [2.24, 2.45) is 0 Å². The maximum atomic E-state index is 11.9. The second kappa shape index (κ2) is 6.67. The number of amides is 2. The molecule has 1 aliphatic rings. The van der Waals surface area contributed by atoms with Crippen molar-refractivity contribution in [3.05, 3.63) is 29.8 Å². The summed E-state index contributed by atoms with van der Waals surface area (Å²) in [7, 11) is 0. The number of nitrogens with one attached hydrogen (secondary N) is 2. The van der Waals surface area contributed by atoms with Gasteiger partial charge in [-0.15, -0.1) is 5.10 Å². The smallest absolute Gasteiger partial charge is 0.319 e. The molecule has 2 N–H and O–H groups in total. The quantitative estimate of drug-likeness (QED) is 0.846. The largest absolute Gasteiger partial charge is 0.338 e. The first-order valence-electron chi connectivity index (χ1n) is 7.26. The molecule has 0 saturated carbocycles. The van der Waals surface area contributed by atoms with Crippen LogP contribution in [0.2, 0.25) is 0 Å². The zero-order valence-electron chi connectivity index (χ0n) is 11.8. The second-order valence-electron chi connectivity index (χ2n) is 5.19. The maximum absolute atomic E-state index is 11.9. The fourth-order valence-corrected chi connectivity index (χ4v) is 3.04. The van der Waals surface area contributed by atoms with Gasteiger partial charge in [-0.3, -0.25) is 0 Å². The van der Waals surface area contributed by atoms with Crippen LogP contribution < -0.4 is 10.6 Å². The molecule has 1 aliphatic carbocycles. The molecule has 0 fully saturated rings.